The molecule has 2 N–H and O–H groups in total. The van der Waals surface area contributed by atoms with E-state index in [0.717, 1.165) is 15.5 Å². The number of nitrogens with zero attached hydrogens (tertiary/aromatic N) is 2. The fraction of sp³-hybridized carbons (Fsp3) is 0.250. The van der Waals surface area contributed by atoms with Crippen LogP contribution in [0.4, 0.5) is 10.5 Å². The molecule has 9 nitrogen and oxygen atoms in total. The number of sulfonamides is 1. The number of halogens is 1. The van der Waals surface area contributed by atoms with Crippen molar-refractivity contribution in [3.05, 3.63) is 46.9 Å². The predicted molar refractivity (Wildman–Crippen MR) is 118 cm³/mol. The molecule has 0 aliphatic carbocycles. The molecule has 164 valence electrons. The first kappa shape index (κ1) is 21.5. The van der Waals surface area contributed by atoms with Crippen molar-refractivity contribution in [1.82, 2.24) is 4.31 Å². The summed E-state index contributed by atoms with van der Waals surface area (Å²) in [4.78, 5) is 13.3. The van der Waals surface area contributed by atoms with Crippen molar-refractivity contribution in [3.63, 3.8) is 0 Å². The Labute approximate surface area is 187 Å². The van der Waals surface area contributed by atoms with E-state index in [4.69, 9.17) is 19.6 Å². The average molecular weight is 510 g/mol. The molecule has 4 rings (SSSR count). The standard InChI is InChI=1S/C20H20BrN3O6S/c1-28-13-2-4-14(5-3-13)31(26,27)24-10-8-23(9-11-24)16-6-7-17-15(19(16)21)12-18(29-17)30-20(22)25/h2-7,12H,8-11H2,1H3,(H2,22,25). The van der Waals surface area contributed by atoms with Crippen molar-refractivity contribution in [2.75, 3.05) is 38.2 Å². The highest BCUT2D eigenvalue weighted by Crippen LogP contribution is 2.38. The van der Waals surface area contributed by atoms with Crippen molar-refractivity contribution in [2.45, 2.75) is 4.90 Å². The number of primary amides is 1. The maximum atomic E-state index is 13.0. The van der Waals surface area contributed by atoms with Gasteiger partial charge in [0.1, 0.15) is 11.3 Å². The molecular formula is C20H20BrN3O6S. The summed E-state index contributed by atoms with van der Waals surface area (Å²) < 4.78 is 43.5. The summed E-state index contributed by atoms with van der Waals surface area (Å²) in [6, 6.07) is 11.6. The zero-order valence-corrected chi connectivity index (χ0v) is 19.0. The van der Waals surface area contributed by atoms with Gasteiger partial charge in [-0.05, 0) is 52.3 Å². The first-order valence-electron chi connectivity index (χ1n) is 9.38. The van der Waals surface area contributed by atoms with Gasteiger partial charge in [0.25, 0.3) is 5.95 Å². The second kappa shape index (κ2) is 8.40. The van der Waals surface area contributed by atoms with E-state index >= 15 is 0 Å². The Morgan fingerprint density at radius 1 is 1.10 bits per heavy atom. The van der Waals surface area contributed by atoms with E-state index in [2.05, 4.69) is 20.8 Å². The molecule has 1 amide bonds. The summed E-state index contributed by atoms with van der Waals surface area (Å²) in [7, 11) is -2.05. The Bertz CT molecular complexity index is 1220. The number of hydrogen-bond acceptors (Lipinski definition) is 7. The third-order valence-electron chi connectivity index (χ3n) is 5.07. The van der Waals surface area contributed by atoms with Crippen molar-refractivity contribution >= 4 is 48.7 Å². The third kappa shape index (κ3) is 4.21. The number of amides is 1. The third-order valence-corrected chi connectivity index (χ3v) is 7.82. The van der Waals surface area contributed by atoms with E-state index in [9.17, 15) is 13.2 Å². The number of anilines is 1. The van der Waals surface area contributed by atoms with Crippen LogP contribution >= 0.6 is 15.9 Å². The second-order valence-corrected chi connectivity index (χ2v) is 9.59. The number of benzene rings is 2. The summed E-state index contributed by atoms with van der Waals surface area (Å²) in [6.45, 7) is 1.73. The molecule has 0 spiro atoms. The Balaban J connectivity index is 1.51. The number of piperazine rings is 1. The highest BCUT2D eigenvalue weighted by molar-refractivity contribution is 9.10. The van der Waals surface area contributed by atoms with Gasteiger partial charge in [-0.1, -0.05) is 0 Å². The Kier molecular flexibility index (Phi) is 5.82. The van der Waals surface area contributed by atoms with Gasteiger partial charge in [0.05, 0.1) is 22.2 Å². The van der Waals surface area contributed by atoms with Gasteiger partial charge in [-0.25, -0.2) is 13.2 Å². The van der Waals surface area contributed by atoms with Crippen LogP contribution in [0.15, 0.2) is 56.2 Å². The molecule has 1 aliphatic rings. The summed E-state index contributed by atoms with van der Waals surface area (Å²) in [5, 5.41) is 0.724. The first-order valence-corrected chi connectivity index (χ1v) is 11.6. The molecule has 11 heteroatoms. The quantitative estimate of drug-likeness (QED) is 0.561. The van der Waals surface area contributed by atoms with Crippen LogP contribution < -0.4 is 20.1 Å². The van der Waals surface area contributed by atoms with Gasteiger partial charge in [0.2, 0.25) is 10.0 Å². The molecule has 2 aromatic carbocycles. The minimum Gasteiger partial charge on any atom is -0.497 e. The summed E-state index contributed by atoms with van der Waals surface area (Å²) in [5.74, 6) is 0.614. The van der Waals surface area contributed by atoms with Crippen molar-refractivity contribution in [2.24, 2.45) is 5.73 Å². The topological polar surface area (TPSA) is 115 Å². The van der Waals surface area contributed by atoms with Gasteiger partial charge >= 0.3 is 6.09 Å². The maximum Gasteiger partial charge on any atom is 0.412 e. The van der Waals surface area contributed by atoms with Crippen molar-refractivity contribution in [3.8, 4) is 11.7 Å². The van der Waals surface area contributed by atoms with E-state index in [1.165, 1.54) is 11.4 Å². The lowest BCUT2D eigenvalue weighted by Gasteiger charge is -2.35. The van der Waals surface area contributed by atoms with E-state index < -0.39 is 16.1 Å². The van der Waals surface area contributed by atoms with E-state index in [0.29, 0.717) is 37.5 Å². The van der Waals surface area contributed by atoms with Crippen LogP contribution in [-0.2, 0) is 10.0 Å². The van der Waals surface area contributed by atoms with Crippen LogP contribution in [0.2, 0.25) is 0 Å². The van der Waals surface area contributed by atoms with Crippen LogP contribution in [0.1, 0.15) is 0 Å². The number of rotatable bonds is 5. The smallest absolute Gasteiger partial charge is 0.412 e. The second-order valence-electron chi connectivity index (χ2n) is 6.86. The molecule has 0 unspecified atom stereocenters. The molecule has 31 heavy (non-hydrogen) atoms. The molecule has 1 aromatic heterocycles. The number of furan rings is 1. The number of methoxy groups -OCH3 is 1. The van der Waals surface area contributed by atoms with Gasteiger partial charge in [0.15, 0.2) is 0 Å². The lowest BCUT2D eigenvalue weighted by Crippen LogP contribution is -2.48. The van der Waals surface area contributed by atoms with Gasteiger partial charge in [-0.15, -0.1) is 0 Å². The SMILES string of the molecule is COc1ccc(S(=O)(=O)N2CCN(c3ccc4oc(OC(N)=O)cc4c3Br)CC2)cc1. The van der Waals surface area contributed by atoms with Gasteiger partial charge in [0, 0.05) is 37.6 Å². The lowest BCUT2D eigenvalue weighted by molar-refractivity contribution is 0.199. The first-order chi connectivity index (χ1) is 14.8. The van der Waals surface area contributed by atoms with Crippen LogP contribution in [0, 0.1) is 0 Å². The summed E-state index contributed by atoms with van der Waals surface area (Å²) in [5.41, 5.74) is 6.46. The van der Waals surface area contributed by atoms with Gasteiger partial charge in [-0.2, -0.15) is 4.31 Å². The minimum absolute atomic E-state index is 0.00996. The fourth-order valence-electron chi connectivity index (χ4n) is 3.50. The number of hydrogen-bond donors (Lipinski definition) is 1. The maximum absolute atomic E-state index is 13.0. The molecule has 0 radical (unpaired) electrons. The minimum atomic E-state index is -3.58. The van der Waals surface area contributed by atoms with Gasteiger partial charge in [-0.3, -0.25) is 0 Å². The number of carbonyl (C=O) groups excluding carboxylic acids is 1. The van der Waals surface area contributed by atoms with Crippen LogP contribution in [-0.4, -0.2) is 52.1 Å². The van der Waals surface area contributed by atoms with Crippen molar-refractivity contribution in [1.29, 1.82) is 0 Å². The number of carbonyl (C=O) groups is 1. The van der Waals surface area contributed by atoms with Crippen LogP contribution in [0.25, 0.3) is 11.0 Å². The Morgan fingerprint density at radius 2 is 1.77 bits per heavy atom. The normalized spacial score (nSPS) is 15.2. The lowest BCUT2D eigenvalue weighted by atomic mass is 10.2. The average Bonchev–Trinajstić information content (AvgIpc) is 3.17. The van der Waals surface area contributed by atoms with E-state index in [-0.39, 0.29) is 10.8 Å². The van der Waals surface area contributed by atoms with E-state index in [1.54, 1.807) is 36.4 Å². The molecule has 1 fully saturated rings. The van der Waals surface area contributed by atoms with Crippen LogP contribution in [0.3, 0.4) is 0 Å². The molecule has 1 aliphatic heterocycles. The molecule has 2 heterocycles. The molecule has 0 atom stereocenters. The number of nitrogens with two attached hydrogens (primary N) is 1. The Morgan fingerprint density at radius 3 is 2.39 bits per heavy atom. The zero-order valence-electron chi connectivity index (χ0n) is 16.6. The fourth-order valence-corrected chi connectivity index (χ4v) is 5.62. The number of ether oxygens (including phenoxy) is 2. The van der Waals surface area contributed by atoms with E-state index in [1.807, 2.05) is 6.07 Å². The highest BCUT2D eigenvalue weighted by atomic mass is 79.9. The van der Waals surface area contributed by atoms with Crippen LogP contribution in [0.5, 0.6) is 11.7 Å². The largest absolute Gasteiger partial charge is 0.497 e. The monoisotopic (exact) mass is 509 g/mol. The Hall–Kier alpha value is -2.76. The predicted octanol–water partition coefficient (Wildman–Crippen LogP) is 3.17. The zero-order chi connectivity index (χ0) is 22.2. The molecule has 0 saturated carbocycles. The molecule has 1 saturated heterocycles. The molecule has 0 bridgehead atoms. The molecular weight excluding hydrogens is 490 g/mol. The molecule has 3 aromatic rings. The summed E-state index contributed by atoms with van der Waals surface area (Å²) in [6.07, 6.45) is -0.954. The van der Waals surface area contributed by atoms with Gasteiger partial charge < -0.3 is 24.5 Å². The number of fused-ring (bicyclic) bond motifs is 1. The highest BCUT2D eigenvalue weighted by Gasteiger charge is 2.29. The summed E-state index contributed by atoms with van der Waals surface area (Å²) >= 11 is 3.58. The van der Waals surface area contributed by atoms with Crippen molar-refractivity contribution < 1.29 is 27.1 Å².